The van der Waals surface area contributed by atoms with E-state index in [0.29, 0.717) is 24.5 Å². The van der Waals surface area contributed by atoms with Crippen LogP contribution in [0.1, 0.15) is 36.0 Å². The summed E-state index contributed by atoms with van der Waals surface area (Å²) in [6.45, 7) is 4.82. The summed E-state index contributed by atoms with van der Waals surface area (Å²) in [6.07, 6.45) is 2.66. The summed E-state index contributed by atoms with van der Waals surface area (Å²) in [6, 6.07) is 14.9. The number of nitrogens with zero attached hydrogens (tertiary/aromatic N) is 3. The summed E-state index contributed by atoms with van der Waals surface area (Å²) in [5.74, 6) is -0.161. The zero-order valence-electron chi connectivity index (χ0n) is 19.7. The van der Waals surface area contributed by atoms with Crippen molar-refractivity contribution in [1.82, 2.24) is 15.2 Å². The molecule has 5 rings (SSSR count). The molecule has 3 heterocycles. The number of para-hydroxylation sites is 1. The van der Waals surface area contributed by atoms with E-state index in [0.717, 1.165) is 47.5 Å². The molecule has 2 unspecified atom stereocenters. The minimum atomic E-state index is -0.208. The topological polar surface area (TPSA) is 94.6 Å². The highest BCUT2D eigenvalue weighted by atomic mass is 32.1. The number of carbonyl (C=O) groups is 3. The molecule has 2 saturated heterocycles. The summed E-state index contributed by atoms with van der Waals surface area (Å²) in [5, 5.41) is 6.35. The van der Waals surface area contributed by atoms with Crippen LogP contribution in [-0.2, 0) is 9.59 Å². The van der Waals surface area contributed by atoms with Gasteiger partial charge in [0.15, 0.2) is 5.01 Å². The highest BCUT2D eigenvalue weighted by Crippen LogP contribution is 2.27. The van der Waals surface area contributed by atoms with Crippen molar-refractivity contribution in [2.24, 2.45) is 5.92 Å². The molecule has 2 aromatic carbocycles. The molecule has 35 heavy (non-hydrogen) atoms. The molecule has 9 heteroatoms. The van der Waals surface area contributed by atoms with Gasteiger partial charge in [-0.2, -0.15) is 0 Å². The Morgan fingerprint density at radius 3 is 2.60 bits per heavy atom. The van der Waals surface area contributed by atoms with Crippen molar-refractivity contribution < 1.29 is 14.4 Å². The van der Waals surface area contributed by atoms with E-state index in [2.05, 4.69) is 20.5 Å². The Morgan fingerprint density at radius 2 is 1.86 bits per heavy atom. The maximum atomic E-state index is 12.6. The monoisotopic (exact) mass is 491 g/mol. The third kappa shape index (κ3) is 5.21. The molecule has 2 aliphatic rings. The molecule has 2 fully saturated rings. The molecule has 2 aliphatic heterocycles. The first kappa shape index (κ1) is 23.4. The van der Waals surface area contributed by atoms with Crippen LogP contribution in [0.25, 0.3) is 10.2 Å². The number of anilines is 2. The van der Waals surface area contributed by atoms with Gasteiger partial charge in [0.2, 0.25) is 11.8 Å². The fourth-order valence-electron chi connectivity index (χ4n) is 4.72. The van der Waals surface area contributed by atoms with Gasteiger partial charge in [-0.3, -0.25) is 19.3 Å². The predicted molar refractivity (Wildman–Crippen MR) is 138 cm³/mol. The lowest BCUT2D eigenvalue weighted by Crippen LogP contribution is -2.40. The number of rotatable bonds is 7. The van der Waals surface area contributed by atoms with Crippen LogP contribution >= 0.6 is 11.3 Å². The van der Waals surface area contributed by atoms with E-state index >= 15 is 0 Å². The van der Waals surface area contributed by atoms with Crippen LogP contribution in [0, 0.1) is 5.92 Å². The van der Waals surface area contributed by atoms with Crippen LogP contribution < -0.4 is 15.5 Å². The van der Waals surface area contributed by atoms with Gasteiger partial charge in [-0.25, -0.2) is 4.98 Å². The first-order valence-corrected chi connectivity index (χ1v) is 12.9. The molecule has 8 nitrogen and oxygen atoms in total. The molecule has 0 aliphatic carbocycles. The SMILES string of the molecule is CC(C(=O)Nc1ccc(N2CC(CNC(=O)c3nc4ccccc4s3)CC2=O)cc1)N1CCCC1. The fourth-order valence-corrected chi connectivity index (χ4v) is 5.60. The van der Waals surface area contributed by atoms with E-state index in [1.807, 2.05) is 55.5 Å². The second-order valence-corrected chi connectivity index (χ2v) is 10.3. The number of nitrogens with one attached hydrogen (secondary N) is 2. The molecule has 182 valence electrons. The zero-order valence-corrected chi connectivity index (χ0v) is 20.5. The van der Waals surface area contributed by atoms with E-state index in [1.54, 1.807) is 4.90 Å². The molecule has 0 saturated carbocycles. The molecule has 2 N–H and O–H groups in total. The van der Waals surface area contributed by atoms with Gasteiger partial charge < -0.3 is 15.5 Å². The molecular formula is C26H29N5O3S. The van der Waals surface area contributed by atoms with E-state index in [-0.39, 0.29) is 29.7 Å². The van der Waals surface area contributed by atoms with Crippen LogP contribution in [0.2, 0.25) is 0 Å². The van der Waals surface area contributed by atoms with Crippen molar-refractivity contribution in [1.29, 1.82) is 0 Å². The second-order valence-electron chi connectivity index (χ2n) is 9.23. The fraction of sp³-hybridized carbons (Fsp3) is 0.385. The average molecular weight is 492 g/mol. The van der Waals surface area contributed by atoms with Crippen LogP contribution in [0.4, 0.5) is 11.4 Å². The number of fused-ring (bicyclic) bond motifs is 1. The Balaban J connectivity index is 1.14. The highest BCUT2D eigenvalue weighted by molar-refractivity contribution is 7.20. The van der Waals surface area contributed by atoms with Gasteiger partial charge in [0, 0.05) is 36.8 Å². The number of hydrogen-bond donors (Lipinski definition) is 2. The predicted octanol–water partition coefficient (Wildman–Crippen LogP) is 3.50. The third-order valence-electron chi connectivity index (χ3n) is 6.76. The zero-order chi connectivity index (χ0) is 24.4. The van der Waals surface area contributed by atoms with Gasteiger partial charge in [-0.05, 0) is 69.3 Å². The third-order valence-corrected chi connectivity index (χ3v) is 7.79. The van der Waals surface area contributed by atoms with Crippen molar-refractivity contribution in [2.75, 3.05) is 36.4 Å². The number of thiazole rings is 1. The first-order valence-electron chi connectivity index (χ1n) is 12.1. The van der Waals surface area contributed by atoms with E-state index < -0.39 is 0 Å². The normalized spacial score (nSPS) is 19.3. The molecule has 0 bridgehead atoms. The highest BCUT2D eigenvalue weighted by Gasteiger charge is 2.31. The van der Waals surface area contributed by atoms with Gasteiger partial charge in [-0.15, -0.1) is 11.3 Å². The summed E-state index contributed by atoms with van der Waals surface area (Å²) in [4.78, 5) is 46.1. The van der Waals surface area contributed by atoms with Crippen molar-refractivity contribution >= 4 is 50.6 Å². The minimum absolute atomic E-state index is 0.0131. The van der Waals surface area contributed by atoms with E-state index in [9.17, 15) is 14.4 Å². The van der Waals surface area contributed by atoms with Crippen LogP contribution in [0.3, 0.4) is 0 Å². The number of likely N-dealkylation sites (tertiary alicyclic amines) is 1. The first-order chi connectivity index (χ1) is 17.0. The second kappa shape index (κ2) is 10.1. The Hall–Kier alpha value is -3.30. The molecule has 1 aromatic heterocycles. The maximum absolute atomic E-state index is 12.6. The molecule has 0 radical (unpaired) electrons. The van der Waals surface area contributed by atoms with Crippen molar-refractivity contribution in [3.8, 4) is 0 Å². The Bertz CT molecular complexity index is 1200. The Kier molecular flexibility index (Phi) is 6.79. The largest absolute Gasteiger partial charge is 0.350 e. The summed E-state index contributed by atoms with van der Waals surface area (Å²) in [5.41, 5.74) is 2.33. The lowest BCUT2D eigenvalue weighted by molar-refractivity contribution is -0.120. The molecule has 3 amide bonds. The summed E-state index contributed by atoms with van der Waals surface area (Å²) < 4.78 is 0.977. The van der Waals surface area contributed by atoms with E-state index in [1.165, 1.54) is 11.3 Å². The molecule has 2 atom stereocenters. The number of hydrogen-bond acceptors (Lipinski definition) is 6. The van der Waals surface area contributed by atoms with Gasteiger partial charge in [0.1, 0.15) is 0 Å². The Labute approximate surface area is 208 Å². The van der Waals surface area contributed by atoms with Crippen LogP contribution in [0.15, 0.2) is 48.5 Å². The average Bonchev–Trinajstić information content (AvgIpc) is 3.62. The maximum Gasteiger partial charge on any atom is 0.280 e. The van der Waals surface area contributed by atoms with Crippen molar-refractivity contribution in [2.45, 2.75) is 32.2 Å². The number of carbonyl (C=O) groups excluding carboxylic acids is 3. The Morgan fingerprint density at radius 1 is 1.11 bits per heavy atom. The van der Waals surface area contributed by atoms with Crippen LogP contribution in [-0.4, -0.2) is 59.8 Å². The molecule has 0 spiro atoms. The summed E-state index contributed by atoms with van der Waals surface area (Å²) in [7, 11) is 0. The van der Waals surface area contributed by atoms with Crippen molar-refractivity contribution in [3.05, 3.63) is 53.5 Å². The molecular weight excluding hydrogens is 462 g/mol. The standard InChI is InChI=1S/C26H29N5O3S/c1-17(30-12-4-5-13-30)24(33)28-19-8-10-20(11-9-19)31-16-18(14-23(31)32)15-27-25(34)26-29-21-6-2-3-7-22(21)35-26/h2-3,6-11,17-18H,4-5,12-16H2,1H3,(H,27,34)(H,28,33). The smallest absolute Gasteiger partial charge is 0.280 e. The number of amides is 3. The van der Waals surface area contributed by atoms with Gasteiger partial charge in [0.25, 0.3) is 5.91 Å². The lowest BCUT2D eigenvalue weighted by atomic mass is 10.1. The summed E-state index contributed by atoms with van der Waals surface area (Å²) >= 11 is 1.37. The van der Waals surface area contributed by atoms with Crippen LogP contribution in [0.5, 0.6) is 0 Å². The van der Waals surface area contributed by atoms with Gasteiger partial charge in [0.05, 0.1) is 16.3 Å². The van der Waals surface area contributed by atoms with Gasteiger partial charge >= 0.3 is 0 Å². The molecule has 3 aromatic rings. The number of benzene rings is 2. The minimum Gasteiger partial charge on any atom is -0.350 e. The van der Waals surface area contributed by atoms with Gasteiger partial charge in [-0.1, -0.05) is 12.1 Å². The number of aromatic nitrogens is 1. The quantitative estimate of drug-likeness (QED) is 0.528. The van der Waals surface area contributed by atoms with E-state index in [4.69, 9.17) is 0 Å². The lowest BCUT2D eigenvalue weighted by Gasteiger charge is -2.23. The van der Waals surface area contributed by atoms with Crippen molar-refractivity contribution in [3.63, 3.8) is 0 Å².